The Balaban J connectivity index is 1.68. The van der Waals surface area contributed by atoms with E-state index in [1.54, 1.807) is 14.2 Å². The van der Waals surface area contributed by atoms with Crippen molar-refractivity contribution in [1.29, 1.82) is 0 Å². The predicted molar refractivity (Wildman–Crippen MR) is 108 cm³/mol. The van der Waals surface area contributed by atoms with Gasteiger partial charge >= 0.3 is 0 Å². The van der Waals surface area contributed by atoms with Crippen LogP contribution in [0.3, 0.4) is 0 Å². The summed E-state index contributed by atoms with van der Waals surface area (Å²) in [5, 5.41) is 0.709. The highest BCUT2D eigenvalue weighted by Crippen LogP contribution is 2.17. The molecule has 0 atom stereocenters. The maximum atomic E-state index is 5.89. The Morgan fingerprint density at radius 3 is 1.89 bits per heavy atom. The highest BCUT2D eigenvalue weighted by atomic mass is 35.5. The zero-order valence-electron chi connectivity index (χ0n) is 16.0. The average Bonchev–Trinajstić information content (AvgIpc) is 2.70. The topological polar surface area (TPSA) is 40.2 Å². The number of rotatable bonds is 13. The molecule has 27 heavy (non-hydrogen) atoms. The molecule has 0 N–H and O–H groups in total. The molecule has 2 aromatic carbocycles. The van der Waals surface area contributed by atoms with Crippen molar-refractivity contribution in [3.05, 3.63) is 53.6 Å². The van der Waals surface area contributed by atoms with E-state index in [-0.39, 0.29) is 0 Å². The maximum absolute atomic E-state index is 5.89. The Labute approximate surface area is 166 Å². The fourth-order valence-corrected chi connectivity index (χ4v) is 2.66. The molecule has 0 amide bonds. The molecule has 0 aromatic heterocycles. The number of hydrogen-bond acceptors (Lipinski definition) is 5. The van der Waals surface area contributed by atoms with Gasteiger partial charge in [-0.3, -0.25) is 4.90 Å². The summed E-state index contributed by atoms with van der Waals surface area (Å²) in [7, 11) is 3.37. The zero-order chi connectivity index (χ0) is 19.3. The van der Waals surface area contributed by atoms with Crippen molar-refractivity contribution < 1.29 is 18.9 Å². The second-order valence-electron chi connectivity index (χ2n) is 6.01. The summed E-state index contributed by atoms with van der Waals surface area (Å²) in [5.74, 6) is 2.51. The fourth-order valence-electron chi connectivity index (χ4n) is 2.53. The third-order valence-electron chi connectivity index (χ3n) is 4.05. The van der Waals surface area contributed by atoms with Crippen molar-refractivity contribution in [3.63, 3.8) is 0 Å². The van der Waals surface area contributed by atoms with Crippen LogP contribution in [-0.2, 0) is 4.74 Å². The van der Waals surface area contributed by atoms with Crippen molar-refractivity contribution >= 4 is 11.6 Å². The van der Waals surface area contributed by atoms with Gasteiger partial charge in [0.1, 0.15) is 23.9 Å². The lowest BCUT2D eigenvalue weighted by Gasteiger charge is -2.22. The highest BCUT2D eigenvalue weighted by molar-refractivity contribution is 6.30. The summed E-state index contributed by atoms with van der Waals surface area (Å²) >= 11 is 5.89. The van der Waals surface area contributed by atoms with Crippen molar-refractivity contribution in [2.45, 2.75) is 6.42 Å². The molecule has 0 fully saturated rings. The number of methoxy groups -OCH3 is 2. The van der Waals surface area contributed by atoms with Crippen LogP contribution in [0.5, 0.6) is 17.2 Å². The van der Waals surface area contributed by atoms with Crippen molar-refractivity contribution in [3.8, 4) is 17.2 Å². The first kappa shape index (κ1) is 21.4. The number of hydrogen-bond donors (Lipinski definition) is 0. The zero-order valence-corrected chi connectivity index (χ0v) is 16.8. The molecule has 5 nitrogen and oxygen atoms in total. The minimum Gasteiger partial charge on any atom is -0.497 e. The Hall–Kier alpha value is -1.95. The standard InChI is InChI=1S/C21H28ClNO4/c1-24-16-13-23(14-17-27-20-6-4-18(22)5-7-20)12-3-15-26-21-10-8-19(25-2)9-11-21/h4-11H,3,12-17H2,1-2H3. The van der Waals surface area contributed by atoms with E-state index in [0.29, 0.717) is 24.8 Å². The molecule has 0 unspecified atom stereocenters. The quantitative estimate of drug-likeness (QED) is 0.478. The molecular weight excluding hydrogens is 366 g/mol. The number of ether oxygens (including phenoxy) is 4. The lowest BCUT2D eigenvalue weighted by molar-refractivity contribution is 0.130. The first-order valence-electron chi connectivity index (χ1n) is 9.08. The number of benzene rings is 2. The van der Waals surface area contributed by atoms with E-state index >= 15 is 0 Å². The van der Waals surface area contributed by atoms with Crippen LogP contribution in [0.15, 0.2) is 48.5 Å². The third-order valence-corrected chi connectivity index (χ3v) is 4.30. The van der Waals surface area contributed by atoms with Gasteiger partial charge in [-0.2, -0.15) is 0 Å². The van der Waals surface area contributed by atoms with Crippen LogP contribution < -0.4 is 14.2 Å². The van der Waals surface area contributed by atoms with Gasteiger partial charge in [-0.05, 0) is 55.0 Å². The second-order valence-corrected chi connectivity index (χ2v) is 6.45. The smallest absolute Gasteiger partial charge is 0.119 e. The Morgan fingerprint density at radius 1 is 0.704 bits per heavy atom. The van der Waals surface area contributed by atoms with Gasteiger partial charge in [-0.15, -0.1) is 0 Å². The Bertz CT molecular complexity index is 634. The third kappa shape index (κ3) is 8.52. The van der Waals surface area contributed by atoms with E-state index in [4.69, 9.17) is 30.5 Å². The van der Waals surface area contributed by atoms with Gasteiger partial charge in [0.2, 0.25) is 0 Å². The highest BCUT2D eigenvalue weighted by Gasteiger charge is 2.06. The summed E-state index contributed by atoms with van der Waals surface area (Å²) in [5.41, 5.74) is 0. The molecule has 0 spiro atoms. The largest absolute Gasteiger partial charge is 0.497 e. The predicted octanol–water partition coefficient (Wildman–Crippen LogP) is 4.14. The van der Waals surface area contributed by atoms with Gasteiger partial charge in [-0.25, -0.2) is 0 Å². The van der Waals surface area contributed by atoms with E-state index in [1.807, 2.05) is 48.5 Å². The van der Waals surface area contributed by atoms with E-state index in [9.17, 15) is 0 Å². The van der Waals surface area contributed by atoms with E-state index < -0.39 is 0 Å². The van der Waals surface area contributed by atoms with E-state index in [2.05, 4.69) is 4.90 Å². The van der Waals surface area contributed by atoms with Gasteiger partial charge < -0.3 is 18.9 Å². The Morgan fingerprint density at radius 2 is 1.26 bits per heavy atom. The van der Waals surface area contributed by atoms with Crippen LogP contribution >= 0.6 is 11.6 Å². The van der Waals surface area contributed by atoms with Crippen molar-refractivity contribution in [2.75, 3.05) is 53.7 Å². The first-order valence-corrected chi connectivity index (χ1v) is 9.45. The van der Waals surface area contributed by atoms with Crippen LogP contribution in [0.1, 0.15) is 6.42 Å². The van der Waals surface area contributed by atoms with Crippen LogP contribution in [0.2, 0.25) is 5.02 Å². The van der Waals surface area contributed by atoms with E-state index in [0.717, 1.165) is 43.3 Å². The summed E-state index contributed by atoms with van der Waals surface area (Å²) in [6, 6.07) is 15.0. The van der Waals surface area contributed by atoms with Gasteiger partial charge in [0.25, 0.3) is 0 Å². The maximum Gasteiger partial charge on any atom is 0.119 e. The number of halogens is 1. The first-order chi connectivity index (χ1) is 13.2. The van der Waals surface area contributed by atoms with Crippen molar-refractivity contribution in [2.24, 2.45) is 0 Å². The van der Waals surface area contributed by atoms with Crippen LogP contribution in [0, 0.1) is 0 Å². The lowest BCUT2D eigenvalue weighted by atomic mass is 10.3. The second kappa shape index (κ2) is 12.4. The van der Waals surface area contributed by atoms with Gasteiger partial charge in [0, 0.05) is 31.8 Å². The number of nitrogens with zero attached hydrogens (tertiary/aromatic N) is 1. The molecule has 6 heteroatoms. The molecular formula is C21H28ClNO4. The summed E-state index contributed by atoms with van der Waals surface area (Å²) in [6.07, 6.45) is 0.927. The minimum atomic E-state index is 0.616. The molecule has 0 heterocycles. The average molecular weight is 394 g/mol. The fraction of sp³-hybridized carbons (Fsp3) is 0.429. The molecule has 2 rings (SSSR count). The molecule has 0 radical (unpaired) electrons. The molecule has 0 aliphatic rings. The molecule has 148 valence electrons. The summed E-state index contributed by atoms with van der Waals surface area (Å²) < 4.78 is 21.9. The molecule has 0 aliphatic carbocycles. The molecule has 2 aromatic rings. The SMILES string of the molecule is COCCN(CCCOc1ccc(OC)cc1)CCOc1ccc(Cl)cc1. The lowest BCUT2D eigenvalue weighted by Crippen LogP contribution is -2.33. The van der Waals surface area contributed by atoms with Crippen LogP contribution in [-0.4, -0.2) is 58.6 Å². The summed E-state index contributed by atoms with van der Waals surface area (Å²) in [6.45, 7) is 4.58. The molecule has 0 saturated heterocycles. The van der Waals surface area contributed by atoms with E-state index in [1.165, 1.54) is 0 Å². The van der Waals surface area contributed by atoms with Gasteiger partial charge in [0.15, 0.2) is 0 Å². The Kier molecular flexibility index (Phi) is 9.84. The van der Waals surface area contributed by atoms with Gasteiger partial charge in [-0.1, -0.05) is 11.6 Å². The minimum absolute atomic E-state index is 0.616. The van der Waals surface area contributed by atoms with Crippen LogP contribution in [0.4, 0.5) is 0 Å². The summed E-state index contributed by atoms with van der Waals surface area (Å²) in [4.78, 5) is 2.32. The van der Waals surface area contributed by atoms with Crippen molar-refractivity contribution in [1.82, 2.24) is 4.90 Å². The monoisotopic (exact) mass is 393 g/mol. The molecule has 0 aliphatic heterocycles. The van der Waals surface area contributed by atoms with Gasteiger partial charge in [0.05, 0.1) is 20.3 Å². The normalized spacial score (nSPS) is 10.8. The van der Waals surface area contributed by atoms with Crippen LogP contribution in [0.25, 0.3) is 0 Å². The molecule has 0 saturated carbocycles. The molecule has 0 bridgehead atoms.